The Balaban J connectivity index is 2.03. The average molecular weight is 281 g/mol. The van der Waals surface area contributed by atoms with Crippen molar-refractivity contribution in [3.63, 3.8) is 0 Å². The van der Waals surface area contributed by atoms with E-state index in [1.54, 1.807) is 0 Å². The minimum Gasteiger partial charge on any atom is -0.481 e. The van der Waals surface area contributed by atoms with Crippen molar-refractivity contribution in [3.8, 4) is 0 Å². The van der Waals surface area contributed by atoms with Gasteiger partial charge in [0.1, 0.15) is 0 Å². The number of hydrogen-bond donors (Lipinski definition) is 1. The van der Waals surface area contributed by atoms with E-state index in [0.717, 1.165) is 38.6 Å². The Kier molecular flexibility index (Phi) is 4.75. The fourth-order valence-electron chi connectivity index (χ4n) is 3.02. The molecule has 0 aliphatic carbocycles. The van der Waals surface area contributed by atoms with Crippen molar-refractivity contribution < 1.29 is 14.4 Å². The number of nitrogens with zero attached hydrogens (tertiary/aromatic N) is 3. The quantitative estimate of drug-likeness (QED) is 0.860. The lowest BCUT2D eigenvalue weighted by atomic mass is 9.76. The van der Waals surface area contributed by atoms with Gasteiger partial charge in [-0.25, -0.2) is 0 Å². The van der Waals surface area contributed by atoms with E-state index in [4.69, 9.17) is 4.52 Å². The third-order valence-electron chi connectivity index (χ3n) is 4.02. The lowest BCUT2D eigenvalue weighted by molar-refractivity contribution is -0.153. The van der Waals surface area contributed by atoms with Gasteiger partial charge in [0, 0.05) is 13.0 Å². The van der Waals surface area contributed by atoms with Gasteiger partial charge in [-0.15, -0.1) is 0 Å². The molecular formula is C14H23N3O3. The molecule has 0 saturated carbocycles. The summed E-state index contributed by atoms with van der Waals surface area (Å²) in [5.74, 6) is 0.612. The number of piperidine rings is 1. The van der Waals surface area contributed by atoms with E-state index in [0.29, 0.717) is 24.8 Å². The summed E-state index contributed by atoms with van der Waals surface area (Å²) in [4.78, 5) is 18.1. The van der Waals surface area contributed by atoms with Gasteiger partial charge in [-0.05, 0) is 25.8 Å². The summed E-state index contributed by atoms with van der Waals surface area (Å²) in [6.07, 6.45) is 4.01. The monoisotopic (exact) mass is 281 g/mol. The number of likely N-dealkylation sites (tertiary alicyclic amines) is 1. The molecule has 1 aliphatic heterocycles. The largest absolute Gasteiger partial charge is 0.481 e. The van der Waals surface area contributed by atoms with E-state index in [1.807, 2.05) is 13.8 Å². The van der Waals surface area contributed by atoms with Crippen LogP contribution in [-0.4, -0.2) is 39.2 Å². The summed E-state index contributed by atoms with van der Waals surface area (Å²) in [6, 6.07) is 0. The first-order valence-electron chi connectivity index (χ1n) is 7.37. The SMILES string of the molecule is CCCC1(C(=O)O)CCCN(Cc2noc(CC)n2)C1. The Morgan fingerprint density at radius 2 is 2.30 bits per heavy atom. The maximum absolute atomic E-state index is 11.6. The molecule has 1 fully saturated rings. The van der Waals surface area contributed by atoms with Crippen LogP contribution in [0.15, 0.2) is 4.52 Å². The van der Waals surface area contributed by atoms with Crippen LogP contribution in [0.25, 0.3) is 0 Å². The molecule has 1 unspecified atom stereocenters. The molecule has 0 bridgehead atoms. The number of rotatable bonds is 6. The third kappa shape index (κ3) is 3.17. The van der Waals surface area contributed by atoms with Crippen LogP contribution >= 0.6 is 0 Å². The number of hydrogen-bond acceptors (Lipinski definition) is 5. The van der Waals surface area contributed by atoms with E-state index in [9.17, 15) is 9.90 Å². The molecule has 1 saturated heterocycles. The normalized spacial score (nSPS) is 23.9. The highest BCUT2D eigenvalue weighted by molar-refractivity contribution is 5.75. The number of aryl methyl sites for hydroxylation is 1. The van der Waals surface area contributed by atoms with Gasteiger partial charge < -0.3 is 9.63 Å². The summed E-state index contributed by atoms with van der Waals surface area (Å²) in [5, 5.41) is 13.5. The van der Waals surface area contributed by atoms with Gasteiger partial charge in [-0.1, -0.05) is 25.4 Å². The zero-order chi connectivity index (χ0) is 14.6. The molecule has 1 N–H and O–H groups in total. The molecule has 20 heavy (non-hydrogen) atoms. The molecule has 1 aliphatic rings. The Bertz CT molecular complexity index is 456. The lowest BCUT2D eigenvalue weighted by Crippen LogP contribution is -2.47. The van der Waals surface area contributed by atoms with Gasteiger partial charge in [0.15, 0.2) is 5.82 Å². The molecule has 6 heteroatoms. The van der Waals surface area contributed by atoms with Crippen molar-refractivity contribution in [1.82, 2.24) is 15.0 Å². The maximum atomic E-state index is 11.6. The van der Waals surface area contributed by atoms with Crippen LogP contribution in [0.2, 0.25) is 0 Å². The zero-order valence-corrected chi connectivity index (χ0v) is 12.3. The first-order valence-corrected chi connectivity index (χ1v) is 7.37. The van der Waals surface area contributed by atoms with Crippen LogP contribution in [0.3, 0.4) is 0 Å². The molecule has 112 valence electrons. The third-order valence-corrected chi connectivity index (χ3v) is 4.02. The van der Waals surface area contributed by atoms with Crippen LogP contribution < -0.4 is 0 Å². The molecule has 2 heterocycles. The first kappa shape index (κ1) is 15.0. The van der Waals surface area contributed by atoms with Gasteiger partial charge in [-0.3, -0.25) is 9.69 Å². The summed E-state index contributed by atoms with van der Waals surface area (Å²) in [7, 11) is 0. The highest BCUT2D eigenvalue weighted by Gasteiger charge is 2.41. The topological polar surface area (TPSA) is 79.5 Å². The number of aliphatic carboxylic acids is 1. The second kappa shape index (κ2) is 6.35. The summed E-state index contributed by atoms with van der Waals surface area (Å²) >= 11 is 0. The zero-order valence-electron chi connectivity index (χ0n) is 12.3. The number of carbonyl (C=O) groups is 1. The van der Waals surface area contributed by atoms with Crippen molar-refractivity contribution in [2.75, 3.05) is 13.1 Å². The molecular weight excluding hydrogens is 258 g/mol. The van der Waals surface area contributed by atoms with Gasteiger partial charge >= 0.3 is 5.97 Å². The number of aromatic nitrogens is 2. The van der Waals surface area contributed by atoms with Crippen molar-refractivity contribution in [2.45, 2.75) is 52.5 Å². The van der Waals surface area contributed by atoms with E-state index >= 15 is 0 Å². The standard InChI is InChI=1S/C14H23N3O3/c1-3-6-14(13(18)19)7-5-8-17(10-14)9-11-15-12(4-2)20-16-11/h3-10H2,1-2H3,(H,18,19). The smallest absolute Gasteiger partial charge is 0.310 e. The second-order valence-electron chi connectivity index (χ2n) is 5.61. The molecule has 6 nitrogen and oxygen atoms in total. The van der Waals surface area contributed by atoms with Crippen molar-refractivity contribution >= 4 is 5.97 Å². The van der Waals surface area contributed by atoms with Gasteiger partial charge in [0.05, 0.1) is 12.0 Å². The first-order chi connectivity index (χ1) is 9.59. The molecule has 0 spiro atoms. The fraction of sp³-hybridized carbons (Fsp3) is 0.786. The predicted octanol–water partition coefficient (Wildman–Crippen LogP) is 2.10. The van der Waals surface area contributed by atoms with Crippen LogP contribution in [0.1, 0.15) is 51.2 Å². The Labute approximate surface area is 119 Å². The minimum absolute atomic E-state index is 0.572. The Hall–Kier alpha value is -1.43. The van der Waals surface area contributed by atoms with Crippen molar-refractivity contribution in [1.29, 1.82) is 0 Å². The molecule has 0 amide bonds. The molecule has 2 rings (SSSR count). The average Bonchev–Trinajstić information content (AvgIpc) is 2.87. The lowest BCUT2D eigenvalue weighted by Gasteiger charge is -2.39. The van der Waals surface area contributed by atoms with Gasteiger partial charge in [0.25, 0.3) is 0 Å². The summed E-state index contributed by atoms with van der Waals surface area (Å²) in [5.41, 5.74) is -0.607. The highest BCUT2D eigenvalue weighted by Crippen LogP contribution is 2.35. The van der Waals surface area contributed by atoms with Gasteiger partial charge in [0.2, 0.25) is 5.89 Å². The van der Waals surface area contributed by atoms with Crippen LogP contribution in [-0.2, 0) is 17.8 Å². The van der Waals surface area contributed by atoms with Crippen molar-refractivity contribution in [2.24, 2.45) is 5.41 Å². The maximum Gasteiger partial charge on any atom is 0.310 e. The van der Waals surface area contributed by atoms with E-state index in [-0.39, 0.29) is 0 Å². The Morgan fingerprint density at radius 3 is 2.90 bits per heavy atom. The highest BCUT2D eigenvalue weighted by atomic mass is 16.5. The number of carboxylic acid groups (broad SMARTS) is 1. The minimum atomic E-state index is -0.675. The van der Waals surface area contributed by atoms with E-state index < -0.39 is 11.4 Å². The summed E-state index contributed by atoms with van der Waals surface area (Å²) in [6.45, 7) is 6.05. The molecule has 1 aromatic heterocycles. The second-order valence-corrected chi connectivity index (χ2v) is 5.61. The molecule has 0 radical (unpaired) electrons. The van der Waals surface area contributed by atoms with Gasteiger partial charge in [-0.2, -0.15) is 4.98 Å². The van der Waals surface area contributed by atoms with Crippen LogP contribution in [0.5, 0.6) is 0 Å². The van der Waals surface area contributed by atoms with Crippen LogP contribution in [0, 0.1) is 5.41 Å². The molecule has 1 aromatic rings. The predicted molar refractivity (Wildman–Crippen MR) is 73.2 cm³/mol. The van der Waals surface area contributed by atoms with E-state index in [1.165, 1.54) is 0 Å². The van der Waals surface area contributed by atoms with Crippen LogP contribution in [0.4, 0.5) is 0 Å². The van der Waals surface area contributed by atoms with Crippen molar-refractivity contribution in [3.05, 3.63) is 11.7 Å². The molecule has 0 aromatic carbocycles. The Morgan fingerprint density at radius 1 is 1.50 bits per heavy atom. The molecule has 1 atom stereocenters. The summed E-state index contributed by atoms with van der Waals surface area (Å²) < 4.78 is 5.10. The number of carboxylic acids is 1. The fourth-order valence-corrected chi connectivity index (χ4v) is 3.02. The van der Waals surface area contributed by atoms with E-state index in [2.05, 4.69) is 15.0 Å².